The number of thiazole rings is 1. The molecule has 1 amide bonds. The third kappa shape index (κ3) is 4.48. The fourth-order valence-corrected chi connectivity index (χ4v) is 3.25. The standard InChI is InChI=1S/C19H17N3O4S/c1-12-17(27-18(21-12)14-8-5-6-10-20-14)19(24)26-11-16(23)22-13-7-3-4-9-15(13)25-2/h3-10H,11H2,1-2H3,(H,22,23). The summed E-state index contributed by atoms with van der Waals surface area (Å²) in [6, 6.07) is 12.4. The van der Waals surface area contributed by atoms with Crippen molar-refractivity contribution in [1.29, 1.82) is 0 Å². The molecule has 0 aliphatic carbocycles. The van der Waals surface area contributed by atoms with Gasteiger partial charge in [0.05, 0.1) is 24.2 Å². The van der Waals surface area contributed by atoms with E-state index in [0.717, 1.165) is 0 Å². The van der Waals surface area contributed by atoms with Gasteiger partial charge in [-0.05, 0) is 31.2 Å². The number of para-hydroxylation sites is 2. The van der Waals surface area contributed by atoms with Crippen molar-refractivity contribution in [3.05, 3.63) is 59.2 Å². The first kappa shape index (κ1) is 18.5. The van der Waals surface area contributed by atoms with Crippen LogP contribution >= 0.6 is 11.3 Å². The van der Waals surface area contributed by atoms with Crippen molar-refractivity contribution in [1.82, 2.24) is 9.97 Å². The number of carbonyl (C=O) groups excluding carboxylic acids is 2. The number of benzene rings is 1. The lowest BCUT2D eigenvalue weighted by molar-refractivity contribution is -0.119. The number of carbonyl (C=O) groups is 2. The predicted octanol–water partition coefficient (Wildman–Crippen LogP) is 3.32. The highest BCUT2D eigenvalue weighted by molar-refractivity contribution is 7.17. The number of nitrogens with zero attached hydrogens (tertiary/aromatic N) is 2. The van der Waals surface area contributed by atoms with Crippen LogP contribution in [0.1, 0.15) is 15.4 Å². The number of rotatable bonds is 6. The minimum Gasteiger partial charge on any atom is -0.495 e. The van der Waals surface area contributed by atoms with Crippen molar-refractivity contribution >= 4 is 28.9 Å². The maximum Gasteiger partial charge on any atom is 0.350 e. The zero-order valence-electron chi connectivity index (χ0n) is 14.8. The summed E-state index contributed by atoms with van der Waals surface area (Å²) in [5, 5.41) is 3.27. The van der Waals surface area contributed by atoms with Crippen LogP contribution in [0.15, 0.2) is 48.7 Å². The number of nitrogens with one attached hydrogen (secondary N) is 1. The summed E-state index contributed by atoms with van der Waals surface area (Å²) in [7, 11) is 1.51. The molecule has 1 N–H and O–H groups in total. The highest BCUT2D eigenvalue weighted by Gasteiger charge is 2.19. The van der Waals surface area contributed by atoms with Gasteiger partial charge < -0.3 is 14.8 Å². The van der Waals surface area contributed by atoms with E-state index in [4.69, 9.17) is 9.47 Å². The second-order valence-electron chi connectivity index (χ2n) is 5.47. The second kappa shape index (κ2) is 8.41. The van der Waals surface area contributed by atoms with Crippen LogP contribution in [0.25, 0.3) is 10.7 Å². The van der Waals surface area contributed by atoms with E-state index in [-0.39, 0.29) is 0 Å². The molecular formula is C19H17N3O4S. The molecule has 138 valence electrons. The van der Waals surface area contributed by atoms with Gasteiger partial charge >= 0.3 is 5.97 Å². The summed E-state index contributed by atoms with van der Waals surface area (Å²) in [5.74, 6) is -0.530. The molecule has 0 saturated carbocycles. The summed E-state index contributed by atoms with van der Waals surface area (Å²) in [6.45, 7) is 1.31. The molecule has 1 aromatic carbocycles. The Morgan fingerprint density at radius 3 is 2.67 bits per heavy atom. The zero-order valence-corrected chi connectivity index (χ0v) is 15.6. The Labute approximate surface area is 160 Å². The average Bonchev–Trinajstić information content (AvgIpc) is 3.09. The molecule has 2 aromatic heterocycles. The minimum atomic E-state index is -0.595. The van der Waals surface area contributed by atoms with Crippen LogP contribution in [0.4, 0.5) is 5.69 Å². The number of pyridine rings is 1. The fourth-order valence-electron chi connectivity index (χ4n) is 2.32. The molecule has 0 aliphatic rings. The number of esters is 1. The first-order valence-electron chi connectivity index (χ1n) is 8.07. The molecule has 7 nitrogen and oxygen atoms in total. The van der Waals surface area contributed by atoms with E-state index in [1.807, 2.05) is 12.1 Å². The van der Waals surface area contributed by atoms with E-state index in [2.05, 4.69) is 15.3 Å². The predicted molar refractivity (Wildman–Crippen MR) is 102 cm³/mol. The molecule has 3 aromatic rings. The molecule has 0 atom stereocenters. The van der Waals surface area contributed by atoms with Crippen LogP contribution < -0.4 is 10.1 Å². The highest BCUT2D eigenvalue weighted by Crippen LogP contribution is 2.27. The smallest absolute Gasteiger partial charge is 0.350 e. The summed E-state index contributed by atoms with van der Waals surface area (Å²) < 4.78 is 10.3. The molecule has 0 bridgehead atoms. The molecule has 0 fully saturated rings. The molecule has 0 aliphatic heterocycles. The van der Waals surface area contributed by atoms with E-state index in [9.17, 15) is 9.59 Å². The van der Waals surface area contributed by atoms with E-state index in [1.54, 1.807) is 43.5 Å². The summed E-state index contributed by atoms with van der Waals surface area (Å²) >= 11 is 1.18. The minimum absolute atomic E-state index is 0.348. The fraction of sp³-hybridized carbons (Fsp3) is 0.158. The van der Waals surface area contributed by atoms with Gasteiger partial charge in [-0.3, -0.25) is 9.78 Å². The molecule has 27 heavy (non-hydrogen) atoms. The Morgan fingerprint density at radius 2 is 1.93 bits per heavy atom. The number of aromatic nitrogens is 2. The van der Waals surface area contributed by atoms with Crippen LogP contribution in [-0.2, 0) is 9.53 Å². The van der Waals surface area contributed by atoms with Crippen LogP contribution in [0.5, 0.6) is 5.75 Å². The van der Waals surface area contributed by atoms with Gasteiger partial charge in [0.15, 0.2) is 6.61 Å². The summed E-state index contributed by atoms with van der Waals surface area (Å²) in [6.07, 6.45) is 1.66. The number of amides is 1. The number of hydrogen-bond acceptors (Lipinski definition) is 7. The Kier molecular flexibility index (Phi) is 5.77. The summed E-state index contributed by atoms with van der Waals surface area (Å²) in [5.41, 5.74) is 1.72. The van der Waals surface area contributed by atoms with Gasteiger partial charge in [0, 0.05) is 6.20 Å². The van der Waals surface area contributed by atoms with E-state index >= 15 is 0 Å². The van der Waals surface area contributed by atoms with Gasteiger partial charge in [-0.2, -0.15) is 0 Å². The lowest BCUT2D eigenvalue weighted by atomic mass is 10.3. The topological polar surface area (TPSA) is 90.4 Å². The third-order valence-corrected chi connectivity index (χ3v) is 4.74. The van der Waals surface area contributed by atoms with Crippen molar-refractivity contribution in [2.24, 2.45) is 0 Å². The third-order valence-electron chi connectivity index (χ3n) is 3.58. The normalized spacial score (nSPS) is 10.3. The van der Waals surface area contributed by atoms with Crippen LogP contribution in [0.3, 0.4) is 0 Å². The molecular weight excluding hydrogens is 366 g/mol. The number of hydrogen-bond donors (Lipinski definition) is 1. The Hall–Kier alpha value is -3.26. The van der Waals surface area contributed by atoms with E-state index < -0.39 is 18.5 Å². The van der Waals surface area contributed by atoms with Crippen molar-refractivity contribution in [3.63, 3.8) is 0 Å². The van der Waals surface area contributed by atoms with Crippen molar-refractivity contribution in [2.75, 3.05) is 19.0 Å². The SMILES string of the molecule is COc1ccccc1NC(=O)COC(=O)c1sc(-c2ccccn2)nc1C. The first-order valence-corrected chi connectivity index (χ1v) is 8.89. The summed E-state index contributed by atoms with van der Waals surface area (Å²) in [4.78, 5) is 33.3. The van der Waals surface area contributed by atoms with E-state index in [0.29, 0.717) is 32.7 Å². The maximum absolute atomic E-state index is 12.3. The van der Waals surface area contributed by atoms with Crippen LogP contribution in [0, 0.1) is 6.92 Å². The molecule has 0 unspecified atom stereocenters. The van der Waals surface area contributed by atoms with Gasteiger partial charge in [0.25, 0.3) is 5.91 Å². The molecule has 0 saturated heterocycles. The van der Waals surface area contributed by atoms with Gasteiger partial charge in [-0.25, -0.2) is 9.78 Å². The van der Waals surface area contributed by atoms with Crippen molar-refractivity contribution in [3.8, 4) is 16.5 Å². The molecule has 2 heterocycles. The average molecular weight is 383 g/mol. The molecule has 0 radical (unpaired) electrons. The lowest BCUT2D eigenvalue weighted by Gasteiger charge is -2.09. The largest absolute Gasteiger partial charge is 0.495 e. The number of anilines is 1. The Balaban J connectivity index is 1.62. The van der Waals surface area contributed by atoms with Crippen LogP contribution in [-0.4, -0.2) is 35.6 Å². The van der Waals surface area contributed by atoms with Crippen molar-refractivity contribution < 1.29 is 19.1 Å². The number of aryl methyl sites for hydroxylation is 1. The zero-order chi connectivity index (χ0) is 19.2. The van der Waals surface area contributed by atoms with Gasteiger partial charge in [-0.15, -0.1) is 11.3 Å². The number of ether oxygens (including phenoxy) is 2. The number of methoxy groups -OCH3 is 1. The lowest BCUT2D eigenvalue weighted by Crippen LogP contribution is -2.21. The molecule has 0 spiro atoms. The Morgan fingerprint density at radius 1 is 1.15 bits per heavy atom. The van der Waals surface area contributed by atoms with Gasteiger partial charge in [0.2, 0.25) is 0 Å². The monoisotopic (exact) mass is 383 g/mol. The Bertz CT molecular complexity index is 957. The van der Waals surface area contributed by atoms with Crippen LogP contribution in [0.2, 0.25) is 0 Å². The van der Waals surface area contributed by atoms with Gasteiger partial charge in [-0.1, -0.05) is 18.2 Å². The van der Waals surface area contributed by atoms with Crippen molar-refractivity contribution in [2.45, 2.75) is 6.92 Å². The quantitative estimate of drug-likeness (QED) is 0.657. The molecule has 8 heteroatoms. The van der Waals surface area contributed by atoms with E-state index in [1.165, 1.54) is 18.4 Å². The first-order chi connectivity index (χ1) is 13.1. The maximum atomic E-state index is 12.3. The highest BCUT2D eigenvalue weighted by atomic mass is 32.1. The second-order valence-corrected chi connectivity index (χ2v) is 6.47. The van der Waals surface area contributed by atoms with Gasteiger partial charge in [0.1, 0.15) is 15.6 Å². The molecule has 3 rings (SSSR count).